The van der Waals surface area contributed by atoms with E-state index in [-0.39, 0.29) is 0 Å². The highest BCUT2D eigenvalue weighted by molar-refractivity contribution is 5.37. The van der Waals surface area contributed by atoms with Gasteiger partial charge in [0.05, 0.1) is 0 Å². The summed E-state index contributed by atoms with van der Waals surface area (Å²) in [5, 5.41) is 0. The first kappa shape index (κ1) is 6.84. The molecule has 0 radical (unpaired) electrons. The zero-order chi connectivity index (χ0) is 7.84. The molecule has 1 aromatic rings. The summed E-state index contributed by atoms with van der Waals surface area (Å²) in [6.45, 7) is 4.46. The highest BCUT2D eigenvalue weighted by Crippen LogP contribution is 2.33. The van der Waals surface area contributed by atoms with Crippen LogP contribution in [0.25, 0.3) is 0 Å². The second-order valence-electron chi connectivity index (χ2n) is 3.47. The minimum atomic E-state index is 0.757. The van der Waals surface area contributed by atoms with E-state index >= 15 is 0 Å². The average Bonchev–Trinajstić information content (AvgIpc) is 2.34. The van der Waals surface area contributed by atoms with E-state index in [1.165, 1.54) is 24.0 Å². The molecule has 58 valence electrons. The van der Waals surface area contributed by atoms with E-state index in [0.717, 1.165) is 5.92 Å². The second kappa shape index (κ2) is 2.33. The molecule has 0 saturated heterocycles. The van der Waals surface area contributed by atoms with Crippen LogP contribution in [0.4, 0.5) is 0 Å². The first-order valence-electron chi connectivity index (χ1n) is 4.22. The molecular formula is C10H13N. The van der Waals surface area contributed by atoms with Crippen LogP contribution in [0.5, 0.6) is 0 Å². The number of hydrogen-bond acceptors (Lipinski definition) is 1. The number of hydrogen-bond donors (Lipinski definition) is 0. The number of fused-ring (bicyclic) bond motifs is 1. The first-order chi connectivity index (χ1) is 5.29. The van der Waals surface area contributed by atoms with E-state index in [4.69, 9.17) is 0 Å². The van der Waals surface area contributed by atoms with Crippen LogP contribution >= 0.6 is 0 Å². The quantitative estimate of drug-likeness (QED) is 0.549. The van der Waals surface area contributed by atoms with Crippen molar-refractivity contribution in [2.45, 2.75) is 32.6 Å². The zero-order valence-corrected chi connectivity index (χ0v) is 7.09. The molecule has 0 spiro atoms. The molecule has 1 nitrogen and oxygen atoms in total. The first-order valence-corrected chi connectivity index (χ1v) is 4.22. The molecule has 1 aromatic heterocycles. The fourth-order valence-electron chi connectivity index (χ4n) is 2.05. The maximum absolute atomic E-state index is 4.19. The molecule has 0 unspecified atom stereocenters. The summed E-state index contributed by atoms with van der Waals surface area (Å²) in [4.78, 5) is 4.19. The van der Waals surface area contributed by atoms with E-state index in [2.05, 4.69) is 18.8 Å². The molecule has 1 heteroatoms. The van der Waals surface area contributed by atoms with Crippen LogP contribution in [0.3, 0.4) is 0 Å². The van der Waals surface area contributed by atoms with Gasteiger partial charge in [-0.3, -0.25) is 4.98 Å². The van der Waals surface area contributed by atoms with Crippen molar-refractivity contribution in [2.75, 3.05) is 0 Å². The Kier molecular flexibility index (Phi) is 1.45. The Morgan fingerprint density at radius 1 is 1.45 bits per heavy atom. The Bertz CT molecular complexity index is 278. The van der Waals surface area contributed by atoms with Gasteiger partial charge in [0.2, 0.25) is 0 Å². The number of aromatic nitrogens is 1. The molecule has 0 saturated carbocycles. The Morgan fingerprint density at radius 3 is 3.00 bits per heavy atom. The van der Waals surface area contributed by atoms with Crippen LogP contribution in [-0.2, 0) is 6.42 Å². The topological polar surface area (TPSA) is 12.9 Å². The summed E-state index contributed by atoms with van der Waals surface area (Å²) in [6, 6.07) is 0. The average molecular weight is 147 g/mol. The van der Waals surface area contributed by atoms with Gasteiger partial charge in [0.25, 0.3) is 0 Å². The van der Waals surface area contributed by atoms with Gasteiger partial charge in [0.15, 0.2) is 0 Å². The van der Waals surface area contributed by atoms with Crippen LogP contribution in [0, 0.1) is 6.92 Å². The van der Waals surface area contributed by atoms with Crippen molar-refractivity contribution in [3.8, 4) is 0 Å². The molecule has 0 aromatic carbocycles. The molecule has 1 aliphatic carbocycles. The van der Waals surface area contributed by atoms with Gasteiger partial charge >= 0.3 is 0 Å². The van der Waals surface area contributed by atoms with E-state index in [9.17, 15) is 0 Å². The fourth-order valence-corrected chi connectivity index (χ4v) is 2.05. The Balaban J connectivity index is 2.58. The van der Waals surface area contributed by atoms with Crippen molar-refractivity contribution in [2.24, 2.45) is 0 Å². The summed E-state index contributed by atoms with van der Waals surface area (Å²) in [5.74, 6) is 0.757. The smallest absolute Gasteiger partial charge is 0.0302 e. The molecule has 11 heavy (non-hydrogen) atoms. The van der Waals surface area contributed by atoms with Crippen molar-refractivity contribution in [1.29, 1.82) is 0 Å². The summed E-state index contributed by atoms with van der Waals surface area (Å²) in [5.41, 5.74) is 4.39. The maximum Gasteiger partial charge on any atom is 0.0302 e. The molecule has 0 bridgehead atoms. The van der Waals surface area contributed by atoms with Crippen molar-refractivity contribution in [1.82, 2.24) is 4.98 Å². The number of nitrogens with zero attached hydrogens (tertiary/aromatic N) is 1. The number of rotatable bonds is 0. The van der Waals surface area contributed by atoms with Gasteiger partial charge in [0.1, 0.15) is 0 Å². The molecule has 0 fully saturated rings. The lowest BCUT2D eigenvalue weighted by Gasteiger charge is -2.06. The van der Waals surface area contributed by atoms with Gasteiger partial charge in [-0.1, -0.05) is 6.92 Å². The van der Waals surface area contributed by atoms with Crippen molar-refractivity contribution in [3.63, 3.8) is 0 Å². The summed E-state index contributed by atoms with van der Waals surface area (Å²) >= 11 is 0. The lowest BCUT2D eigenvalue weighted by molar-refractivity contribution is 0.744. The molecule has 2 rings (SSSR count). The van der Waals surface area contributed by atoms with Gasteiger partial charge in [-0.25, -0.2) is 0 Å². The third-order valence-corrected chi connectivity index (χ3v) is 2.61. The minimum Gasteiger partial charge on any atom is -0.264 e. The SMILES string of the molecule is Cc1cncc2c1[C@@H](C)CC2. The summed E-state index contributed by atoms with van der Waals surface area (Å²) in [6.07, 6.45) is 6.53. The molecule has 1 atom stereocenters. The fraction of sp³-hybridized carbons (Fsp3) is 0.500. The van der Waals surface area contributed by atoms with E-state index in [0.29, 0.717) is 0 Å². The predicted octanol–water partition coefficient (Wildman–Crippen LogP) is 2.44. The van der Waals surface area contributed by atoms with Crippen LogP contribution in [0.15, 0.2) is 12.4 Å². The predicted molar refractivity (Wildman–Crippen MR) is 45.7 cm³/mol. The third-order valence-electron chi connectivity index (χ3n) is 2.61. The largest absolute Gasteiger partial charge is 0.264 e. The Hall–Kier alpha value is -0.850. The van der Waals surface area contributed by atoms with Crippen molar-refractivity contribution >= 4 is 0 Å². The maximum atomic E-state index is 4.19. The summed E-state index contributed by atoms with van der Waals surface area (Å²) in [7, 11) is 0. The van der Waals surface area contributed by atoms with Gasteiger partial charge in [-0.15, -0.1) is 0 Å². The van der Waals surface area contributed by atoms with E-state index < -0.39 is 0 Å². The van der Waals surface area contributed by atoms with E-state index in [1.54, 1.807) is 5.56 Å². The lowest BCUT2D eigenvalue weighted by Crippen LogP contribution is -1.91. The molecule has 1 aliphatic rings. The van der Waals surface area contributed by atoms with Gasteiger partial charge in [0, 0.05) is 12.4 Å². The highest BCUT2D eigenvalue weighted by atomic mass is 14.6. The molecule has 0 amide bonds. The molecule has 0 aliphatic heterocycles. The number of pyridine rings is 1. The van der Waals surface area contributed by atoms with Crippen LogP contribution in [0.2, 0.25) is 0 Å². The summed E-state index contributed by atoms with van der Waals surface area (Å²) < 4.78 is 0. The normalized spacial score (nSPS) is 21.8. The van der Waals surface area contributed by atoms with Gasteiger partial charge < -0.3 is 0 Å². The second-order valence-corrected chi connectivity index (χ2v) is 3.47. The van der Waals surface area contributed by atoms with E-state index in [1.807, 2.05) is 12.4 Å². The van der Waals surface area contributed by atoms with Crippen molar-refractivity contribution < 1.29 is 0 Å². The van der Waals surface area contributed by atoms with Crippen LogP contribution in [-0.4, -0.2) is 4.98 Å². The van der Waals surface area contributed by atoms with Crippen LogP contribution < -0.4 is 0 Å². The third kappa shape index (κ3) is 0.953. The highest BCUT2D eigenvalue weighted by Gasteiger charge is 2.19. The van der Waals surface area contributed by atoms with Crippen LogP contribution in [0.1, 0.15) is 36.0 Å². The number of aryl methyl sites for hydroxylation is 2. The molecule has 1 heterocycles. The van der Waals surface area contributed by atoms with Gasteiger partial charge in [-0.2, -0.15) is 0 Å². The Labute approximate surface area is 67.5 Å². The minimum absolute atomic E-state index is 0.757. The monoisotopic (exact) mass is 147 g/mol. The Morgan fingerprint density at radius 2 is 2.27 bits per heavy atom. The molecular weight excluding hydrogens is 134 g/mol. The van der Waals surface area contributed by atoms with Crippen molar-refractivity contribution in [3.05, 3.63) is 29.1 Å². The zero-order valence-electron chi connectivity index (χ0n) is 7.09. The standard InChI is InChI=1S/C10H13N/c1-7-3-4-9-6-11-5-8(2)10(7)9/h5-7H,3-4H2,1-2H3/t7-/m0/s1. The van der Waals surface area contributed by atoms with Gasteiger partial charge in [-0.05, 0) is 42.4 Å². The lowest BCUT2D eigenvalue weighted by atomic mass is 10.0. The molecule has 0 N–H and O–H groups in total.